The van der Waals surface area contributed by atoms with Gasteiger partial charge in [0.25, 0.3) is 0 Å². The van der Waals surface area contributed by atoms with Gasteiger partial charge in [-0.25, -0.2) is 12.7 Å². The number of hydrogen-bond acceptors (Lipinski definition) is 15. The number of nitrogens with one attached hydrogen (secondary N) is 6. The number of sulfonamides is 1. The minimum Gasteiger partial charge on any atom is -0.382 e. The number of hydrogen-bond donors (Lipinski definition) is 6. The molecule has 0 aromatic heterocycles. The summed E-state index contributed by atoms with van der Waals surface area (Å²) in [6.07, 6.45) is 11.6. The van der Waals surface area contributed by atoms with Gasteiger partial charge in [-0.3, -0.25) is 9.80 Å². The number of rotatable bonds is 16. The van der Waals surface area contributed by atoms with Crippen LogP contribution in [-0.4, -0.2) is 207 Å². The van der Waals surface area contributed by atoms with Crippen LogP contribution in [0.1, 0.15) is 267 Å². The third-order valence-corrected chi connectivity index (χ3v) is 27.4. The second-order valence-corrected chi connectivity index (χ2v) is 46.5. The van der Waals surface area contributed by atoms with Crippen LogP contribution in [0.2, 0.25) is 0 Å². The molecule has 0 saturated carbocycles. The van der Waals surface area contributed by atoms with Gasteiger partial charge in [0.05, 0.1) is 32.1 Å². The Balaban J connectivity index is 0.000000184. The zero-order valence-corrected chi connectivity index (χ0v) is 85.2. The highest BCUT2D eigenvalue weighted by Gasteiger charge is 2.28. The highest BCUT2D eigenvalue weighted by Crippen LogP contribution is 2.33. The quantitative estimate of drug-likeness (QED) is 0.0546. The van der Waals surface area contributed by atoms with Gasteiger partial charge in [-0.15, -0.1) is 0 Å². The van der Waals surface area contributed by atoms with E-state index >= 15 is 0 Å². The first-order valence-corrected chi connectivity index (χ1v) is 50.4. The van der Waals surface area contributed by atoms with Crippen molar-refractivity contribution in [1.29, 1.82) is 0 Å². The van der Waals surface area contributed by atoms with Gasteiger partial charge in [-0.2, -0.15) is 0 Å². The number of benzene rings is 7. The highest BCUT2D eigenvalue weighted by atomic mass is 32.2. The number of nitrogens with zero attached hydrogens (tertiary/aromatic N) is 6. The van der Waals surface area contributed by atoms with Gasteiger partial charge in [0.2, 0.25) is 10.0 Å². The van der Waals surface area contributed by atoms with E-state index in [9.17, 15) is 8.42 Å². The fourth-order valence-corrected chi connectivity index (χ4v) is 17.7. The van der Waals surface area contributed by atoms with Crippen LogP contribution in [0, 0.1) is 0 Å². The number of likely N-dealkylation sites (N-methyl/N-ethyl adjacent to an activating group) is 1. The van der Waals surface area contributed by atoms with Crippen molar-refractivity contribution in [2.75, 3.05) is 165 Å². The molecule has 1 atom stereocenters. The average molecular weight is 1760 g/mol. The van der Waals surface area contributed by atoms with E-state index in [1.165, 1.54) is 157 Å². The van der Waals surface area contributed by atoms with Gasteiger partial charge in [0.1, 0.15) is 0 Å². The molecule has 706 valence electrons. The number of anilines is 5. The van der Waals surface area contributed by atoms with E-state index in [-0.39, 0.29) is 37.9 Å². The van der Waals surface area contributed by atoms with Crippen molar-refractivity contribution in [3.63, 3.8) is 0 Å². The molecule has 0 spiro atoms. The smallest absolute Gasteiger partial charge is 0.211 e. The predicted octanol–water partition coefficient (Wildman–Crippen LogP) is 22.1. The maximum absolute atomic E-state index is 11.5. The molecule has 7 aliphatic rings. The van der Waals surface area contributed by atoms with Crippen molar-refractivity contribution < 1.29 is 17.9 Å². The van der Waals surface area contributed by atoms with Crippen LogP contribution >= 0.6 is 0 Å². The average Bonchev–Trinajstić information content (AvgIpc) is 1.81. The Labute approximate surface area is 774 Å². The van der Waals surface area contributed by atoms with E-state index in [2.05, 4.69) is 400 Å². The molecule has 0 radical (unpaired) electrons. The Morgan fingerprint density at radius 2 is 0.638 bits per heavy atom. The zero-order chi connectivity index (χ0) is 93.0. The van der Waals surface area contributed by atoms with Crippen LogP contribution in [0.15, 0.2) is 170 Å². The van der Waals surface area contributed by atoms with E-state index in [0.717, 1.165) is 104 Å². The first-order valence-electron chi connectivity index (χ1n) is 48.5. The summed E-state index contributed by atoms with van der Waals surface area (Å²) in [5, 5.41) is 21.3. The molecule has 7 fully saturated rings. The summed E-state index contributed by atoms with van der Waals surface area (Å²) in [5.41, 5.74) is 20.4. The normalized spacial score (nSPS) is 18.7. The monoisotopic (exact) mass is 1760 g/mol. The van der Waals surface area contributed by atoms with Gasteiger partial charge in [0, 0.05) is 151 Å². The van der Waals surface area contributed by atoms with Crippen LogP contribution in [0.3, 0.4) is 0 Å². The molecule has 14 rings (SSSR count). The largest absolute Gasteiger partial charge is 0.382 e. The number of piperazine rings is 1. The number of likely N-dealkylation sites (tertiary alicyclic amines) is 2. The van der Waals surface area contributed by atoms with E-state index in [1.807, 2.05) is 0 Å². The lowest BCUT2D eigenvalue weighted by molar-refractivity contribution is 0.0342. The molecular formula is C110H176N12O4S. The summed E-state index contributed by atoms with van der Waals surface area (Å²) in [7, 11) is 1.32. The van der Waals surface area contributed by atoms with Gasteiger partial charge in [-0.05, 0) is 254 Å². The van der Waals surface area contributed by atoms with Crippen molar-refractivity contribution in [1.82, 2.24) is 34.5 Å². The summed E-state index contributed by atoms with van der Waals surface area (Å²) in [5.74, 6) is 0. The third kappa shape index (κ3) is 37.7. The summed E-state index contributed by atoms with van der Waals surface area (Å²) in [4.78, 5) is 12.3. The molecule has 17 heteroatoms. The molecule has 0 amide bonds. The minimum atomic E-state index is -3.04. The molecule has 0 aliphatic carbocycles. The standard InChI is InChI=1S/C18H30N2.C16H26N2O2S.C16H26N2.2C15H24N2.2C15H23NO/c1-14(2)20-12-10-17(11-13-20)19-16-8-6-15(7-9-16)18(3,4)5;1-16(2,3)13-5-7-14(8-6-13)17-15-9-11-18(12-10-15)21(4,19)20;1-16(2,3)13-5-7-14(8-6-13)17-15-9-11-18(4)12-10-15;1-15(2,3)14-6-4-13(5-7-14)12-17-10-8-16-9-11-17;1-15(2,3)12-4-6-13(7-5-12)17-14-8-10-16-11-9-14;1-15(2,3)12-5-7-13(8-6-12)16(4)14-9-10-17-11-14;1-15(2,3)14-6-4-13(5-7-14)12-16-8-10-17-11-9-16/h6-9,14,17,19H,10-13H2,1-5H3;5-8,15,17H,9-12H2,1-4H3;5-8,15,17H,9-12H2,1-4H3;4-7,16H,8-12H2,1-3H3;4-7,14,16-17H,8-11H2,1-3H3;5-8,14H,9-11H2,1-4H3;4-7H,8-12H2,1-3H3. The topological polar surface area (TPSA) is 144 Å². The minimum absolute atomic E-state index is 0.166. The lowest BCUT2D eigenvalue weighted by atomic mass is 9.87. The molecular weight excluding hydrogens is 1590 g/mol. The molecule has 7 aliphatic heterocycles. The highest BCUT2D eigenvalue weighted by molar-refractivity contribution is 7.88. The Morgan fingerprint density at radius 3 is 0.937 bits per heavy atom. The van der Waals surface area contributed by atoms with Gasteiger partial charge in [0.15, 0.2) is 0 Å². The number of ether oxygens (including phenoxy) is 2. The Morgan fingerprint density at radius 1 is 0.354 bits per heavy atom. The van der Waals surface area contributed by atoms with Crippen molar-refractivity contribution in [2.45, 2.75) is 304 Å². The van der Waals surface area contributed by atoms with Gasteiger partial charge < -0.3 is 56.1 Å². The van der Waals surface area contributed by atoms with Crippen molar-refractivity contribution >= 4 is 38.5 Å². The Hall–Kier alpha value is -6.87. The Bertz CT molecular complexity index is 4140. The van der Waals surface area contributed by atoms with Crippen LogP contribution in [0.5, 0.6) is 0 Å². The lowest BCUT2D eigenvalue weighted by Gasteiger charge is -2.35. The molecule has 1 unspecified atom stereocenters. The molecule has 0 bridgehead atoms. The van der Waals surface area contributed by atoms with Crippen LogP contribution < -0.4 is 36.8 Å². The third-order valence-electron chi connectivity index (χ3n) is 26.1. The van der Waals surface area contributed by atoms with Crippen LogP contribution in [0.4, 0.5) is 28.4 Å². The summed E-state index contributed by atoms with van der Waals surface area (Å²) in [6.45, 7) is 72.5. The molecule has 7 heterocycles. The molecule has 127 heavy (non-hydrogen) atoms. The molecule has 7 saturated heterocycles. The van der Waals surface area contributed by atoms with Crippen molar-refractivity contribution in [3.05, 3.63) is 220 Å². The van der Waals surface area contributed by atoms with Gasteiger partial charge >= 0.3 is 0 Å². The van der Waals surface area contributed by atoms with E-state index in [1.54, 1.807) is 4.31 Å². The van der Waals surface area contributed by atoms with Crippen molar-refractivity contribution in [3.8, 4) is 0 Å². The second kappa shape index (κ2) is 49.0. The summed E-state index contributed by atoms with van der Waals surface area (Å²) in [6, 6.07) is 65.9. The number of morpholine rings is 1. The number of piperidine rings is 4. The fourth-order valence-electron chi connectivity index (χ4n) is 16.8. The fraction of sp³-hybridized carbons (Fsp3) is 0.618. The maximum Gasteiger partial charge on any atom is 0.211 e. The van der Waals surface area contributed by atoms with E-state index in [0.29, 0.717) is 49.3 Å². The molecule has 6 N–H and O–H groups in total. The molecule has 7 aromatic carbocycles. The second-order valence-electron chi connectivity index (χ2n) is 44.6. The molecule has 7 aromatic rings. The maximum atomic E-state index is 11.5. The SMILES string of the molecule is CC(C)(C)c1ccc(CN2CCNCC2)cc1.CC(C)(C)c1ccc(CN2CCOCC2)cc1.CC(C)(C)c1ccc(NC2CCN(S(C)(=O)=O)CC2)cc1.CC(C)(C)c1ccc(NC2CCNCC2)cc1.CC(C)N1CCC(Nc2ccc(C(C)(C)C)cc2)CC1.CN(c1ccc(C(C)(C)C)cc1)C1CCOC1.CN1CCC(Nc2ccc(C(C)(C)C)cc2)CC1. The van der Waals surface area contributed by atoms with E-state index < -0.39 is 10.0 Å². The predicted molar refractivity (Wildman–Crippen MR) is 548 cm³/mol. The zero-order valence-electron chi connectivity index (χ0n) is 84.4. The summed E-state index contributed by atoms with van der Waals surface area (Å²) >= 11 is 0. The van der Waals surface area contributed by atoms with Crippen LogP contribution in [-0.2, 0) is 70.5 Å². The van der Waals surface area contributed by atoms with E-state index in [4.69, 9.17) is 9.47 Å². The molecule has 16 nitrogen and oxygen atoms in total. The lowest BCUT2D eigenvalue weighted by Crippen LogP contribution is -2.42. The first-order chi connectivity index (χ1) is 59.6. The van der Waals surface area contributed by atoms with Gasteiger partial charge in [-0.1, -0.05) is 255 Å². The van der Waals surface area contributed by atoms with Crippen LogP contribution in [0.25, 0.3) is 0 Å². The van der Waals surface area contributed by atoms with Crippen molar-refractivity contribution in [2.24, 2.45) is 0 Å². The summed E-state index contributed by atoms with van der Waals surface area (Å²) < 4.78 is 35.3. The first kappa shape index (κ1) is 105. The Kier molecular flexibility index (Phi) is 40.7.